The molecule has 2 heterocycles. The molecule has 0 bridgehead atoms. The molecule has 14 heavy (non-hydrogen) atoms. The minimum absolute atomic E-state index is 0.218. The quantitative estimate of drug-likeness (QED) is 0.728. The summed E-state index contributed by atoms with van der Waals surface area (Å²) in [6.45, 7) is 0. The summed E-state index contributed by atoms with van der Waals surface area (Å²) in [5.74, 6) is 0.218. The second-order valence-electron chi connectivity index (χ2n) is 2.38. The highest BCUT2D eigenvalue weighted by molar-refractivity contribution is 7.89. The van der Waals surface area contributed by atoms with Gasteiger partial charge in [-0.3, -0.25) is 0 Å². The molecule has 7 nitrogen and oxygen atoms in total. The standard InChI is InChI=1S/C5H5N5O2S2/c6-14(11,12)5-8-4(9-10-5)3-1-13-2-7-3/h1-2H,(H2,6,11,12)(H,8,9,10). The van der Waals surface area contributed by atoms with Gasteiger partial charge in [0.2, 0.25) is 5.82 Å². The Morgan fingerprint density at radius 2 is 2.29 bits per heavy atom. The average Bonchev–Trinajstić information content (AvgIpc) is 2.73. The van der Waals surface area contributed by atoms with E-state index in [1.807, 2.05) is 0 Å². The number of rotatable bonds is 2. The topological polar surface area (TPSA) is 115 Å². The lowest BCUT2D eigenvalue weighted by atomic mass is 10.5. The van der Waals surface area contributed by atoms with Crippen LogP contribution >= 0.6 is 11.3 Å². The fourth-order valence-electron chi connectivity index (χ4n) is 0.812. The van der Waals surface area contributed by atoms with Crippen molar-refractivity contribution in [2.45, 2.75) is 5.16 Å². The van der Waals surface area contributed by atoms with Gasteiger partial charge in [-0.2, -0.15) is 10.1 Å². The number of sulfonamides is 1. The summed E-state index contributed by atoms with van der Waals surface area (Å²) < 4.78 is 21.7. The highest BCUT2D eigenvalue weighted by Gasteiger charge is 2.15. The molecule has 0 radical (unpaired) electrons. The molecule has 74 valence electrons. The van der Waals surface area contributed by atoms with Crippen molar-refractivity contribution < 1.29 is 8.42 Å². The van der Waals surface area contributed by atoms with Crippen LogP contribution in [0.4, 0.5) is 0 Å². The number of nitrogens with one attached hydrogen (secondary N) is 1. The second-order valence-corrected chi connectivity index (χ2v) is 4.58. The van der Waals surface area contributed by atoms with Crippen LogP contribution in [0, 0.1) is 0 Å². The lowest BCUT2D eigenvalue weighted by Gasteiger charge is -1.86. The molecule has 0 aliphatic rings. The number of H-pyrrole nitrogens is 1. The first-order valence-corrected chi connectivity index (χ1v) is 5.90. The summed E-state index contributed by atoms with van der Waals surface area (Å²) in [5.41, 5.74) is 2.11. The van der Waals surface area contributed by atoms with Crippen molar-refractivity contribution in [3.8, 4) is 11.5 Å². The molecule has 2 aromatic rings. The predicted molar refractivity (Wildman–Crippen MR) is 48.9 cm³/mol. The summed E-state index contributed by atoms with van der Waals surface area (Å²) in [6.07, 6.45) is 0. The maximum atomic E-state index is 10.8. The lowest BCUT2D eigenvalue weighted by molar-refractivity contribution is 0.589. The third kappa shape index (κ3) is 1.64. The lowest BCUT2D eigenvalue weighted by Crippen LogP contribution is -2.13. The van der Waals surface area contributed by atoms with Gasteiger partial charge in [0, 0.05) is 5.38 Å². The van der Waals surface area contributed by atoms with Crippen molar-refractivity contribution in [3.05, 3.63) is 10.9 Å². The minimum Gasteiger partial charge on any atom is -0.248 e. The highest BCUT2D eigenvalue weighted by atomic mass is 32.2. The van der Waals surface area contributed by atoms with Gasteiger partial charge >= 0.3 is 0 Å². The molecule has 0 aromatic carbocycles. The van der Waals surface area contributed by atoms with Crippen LogP contribution in [-0.2, 0) is 10.0 Å². The Bertz CT molecular complexity index is 528. The van der Waals surface area contributed by atoms with Crippen molar-refractivity contribution >= 4 is 21.4 Å². The van der Waals surface area contributed by atoms with Crippen molar-refractivity contribution in [2.24, 2.45) is 5.14 Å². The highest BCUT2D eigenvalue weighted by Crippen LogP contribution is 2.14. The van der Waals surface area contributed by atoms with Gasteiger partial charge in [-0.25, -0.2) is 23.6 Å². The predicted octanol–water partition coefficient (Wildman–Crippen LogP) is -0.424. The Morgan fingerprint density at radius 3 is 2.79 bits per heavy atom. The van der Waals surface area contributed by atoms with E-state index < -0.39 is 10.0 Å². The Hall–Kier alpha value is -1.32. The molecule has 0 atom stereocenters. The van der Waals surface area contributed by atoms with E-state index in [1.54, 1.807) is 10.9 Å². The molecule has 0 fully saturated rings. The maximum Gasteiger partial charge on any atom is 0.273 e. The first-order valence-electron chi connectivity index (χ1n) is 3.41. The zero-order valence-corrected chi connectivity index (χ0v) is 8.34. The number of aromatic amines is 1. The molecule has 0 unspecified atom stereocenters. The smallest absolute Gasteiger partial charge is 0.248 e. The fourth-order valence-corrected chi connectivity index (χ4v) is 1.73. The third-order valence-corrected chi connectivity index (χ3v) is 2.70. The van der Waals surface area contributed by atoms with E-state index in [1.165, 1.54) is 11.3 Å². The maximum absolute atomic E-state index is 10.8. The average molecular weight is 231 g/mol. The SMILES string of the molecule is NS(=O)(=O)c1nc(-c2cscn2)n[nH]1. The number of nitrogens with zero attached hydrogens (tertiary/aromatic N) is 3. The van der Waals surface area contributed by atoms with E-state index in [4.69, 9.17) is 5.14 Å². The van der Waals surface area contributed by atoms with Crippen LogP contribution in [0.2, 0.25) is 0 Å². The van der Waals surface area contributed by atoms with Gasteiger partial charge < -0.3 is 0 Å². The van der Waals surface area contributed by atoms with E-state index in [9.17, 15) is 8.42 Å². The Morgan fingerprint density at radius 1 is 1.50 bits per heavy atom. The zero-order valence-electron chi connectivity index (χ0n) is 6.71. The largest absolute Gasteiger partial charge is 0.273 e. The molecular formula is C5H5N5O2S2. The van der Waals surface area contributed by atoms with Crippen molar-refractivity contribution in [3.63, 3.8) is 0 Å². The molecular weight excluding hydrogens is 226 g/mol. The molecule has 0 saturated heterocycles. The fraction of sp³-hybridized carbons (Fsp3) is 0. The minimum atomic E-state index is -3.83. The molecule has 2 aromatic heterocycles. The van der Waals surface area contributed by atoms with Gasteiger partial charge in [-0.05, 0) is 0 Å². The molecule has 3 N–H and O–H groups in total. The van der Waals surface area contributed by atoms with E-state index in [2.05, 4.69) is 20.2 Å². The molecule has 0 aliphatic heterocycles. The zero-order chi connectivity index (χ0) is 10.2. The molecule has 9 heteroatoms. The number of hydrogen-bond donors (Lipinski definition) is 2. The molecule has 0 saturated carbocycles. The normalized spacial score (nSPS) is 11.8. The first kappa shape index (κ1) is 9.24. The van der Waals surface area contributed by atoms with Gasteiger partial charge in [0.05, 0.1) is 5.51 Å². The van der Waals surface area contributed by atoms with Gasteiger partial charge in [-0.15, -0.1) is 11.3 Å². The van der Waals surface area contributed by atoms with Crippen LogP contribution in [0.5, 0.6) is 0 Å². The van der Waals surface area contributed by atoms with Crippen LogP contribution in [-0.4, -0.2) is 28.6 Å². The van der Waals surface area contributed by atoms with Crippen LogP contribution < -0.4 is 5.14 Å². The Kier molecular flexibility index (Phi) is 2.06. The number of hydrogen-bond acceptors (Lipinski definition) is 6. The van der Waals surface area contributed by atoms with Crippen LogP contribution in [0.1, 0.15) is 0 Å². The number of primary sulfonamides is 1. The number of nitrogens with two attached hydrogens (primary N) is 1. The summed E-state index contributed by atoms with van der Waals surface area (Å²) in [4.78, 5) is 7.61. The van der Waals surface area contributed by atoms with E-state index in [0.717, 1.165) is 0 Å². The summed E-state index contributed by atoms with van der Waals surface area (Å²) >= 11 is 1.37. The molecule has 0 spiro atoms. The molecule has 2 rings (SSSR count). The summed E-state index contributed by atoms with van der Waals surface area (Å²) in [6, 6.07) is 0. The Labute approximate surface area is 83.1 Å². The van der Waals surface area contributed by atoms with Crippen LogP contribution in [0.15, 0.2) is 16.0 Å². The van der Waals surface area contributed by atoms with Crippen molar-refractivity contribution in [1.29, 1.82) is 0 Å². The monoisotopic (exact) mass is 231 g/mol. The number of aromatic nitrogens is 4. The van der Waals surface area contributed by atoms with Crippen LogP contribution in [0.25, 0.3) is 11.5 Å². The van der Waals surface area contributed by atoms with Gasteiger partial charge in [-0.1, -0.05) is 0 Å². The second kappa shape index (κ2) is 3.12. The van der Waals surface area contributed by atoms with Crippen molar-refractivity contribution in [1.82, 2.24) is 20.2 Å². The van der Waals surface area contributed by atoms with E-state index in [-0.39, 0.29) is 11.0 Å². The van der Waals surface area contributed by atoms with Gasteiger partial charge in [0.25, 0.3) is 15.2 Å². The van der Waals surface area contributed by atoms with Crippen LogP contribution in [0.3, 0.4) is 0 Å². The van der Waals surface area contributed by atoms with E-state index >= 15 is 0 Å². The summed E-state index contributed by atoms with van der Waals surface area (Å²) in [5, 5.41) is 12.1. The third-order valence-electron chi connectivity index (χ3n) is 1.40. The first-order chi connectivity index (χ1) is 6.57. The van der Waals surface area contributed by atoms with E-state index in [0.29, 0.717) is 5.69 Å². The van der Waals surface area contributed by atoms with Gasteiger partial charge in [0.1, 0.15) is 5.69 Å². The Balaban J connectivity index is 2.46. The van der Waals surface area contributed by atoms with Crippen molar-refractivity contribution in [2.75, 3.05) is 0 Å². The summed E-state index contributed by atoms with van der Waals surface area (Å²) in [7, 11) is -3.83. The molecule has 0 amide bonds. The number of thiazole rings is 1. The molecule has 0 aliphatic carbocycles. The van der Waals surface area contributed by atoms with Gasteiger partial charge in [0.15, 0.2) is 0 Å².